The van der Waals surface area contributed by atoms with E-state index in [1.165, 1.54) is 44.9 Å². The van der Waals surface area contributed by atoms with E-state index in [-0.39, 0.29) is 19.2 Å². The molecule has 1 aliphatic carbocycles. The minimum absolute atomic E-state index is 0.301. The molecule has 1 fully saturated rings. The van der Waals surface area contributed by atoms with E-state index in [1.807, 2.05) is 0 Å². The SMILES string of the molecule is CCCCC1(/C=C\C/C=C\C/C=C\C/C=C\CCCC(=O)OC(CO)CO)CCCC1. The maximum Gasteiger partial charge on any atom is 0.306 e. The highest BCUT2D eigenvalue weighted by atomic mass is 16.6. The summed E-state index contributed by atoms with van der Waals surface area (Å²) in [5.41, 5.74) is 0.498. The number of rotatable bonds is 17. The molecule has 0 amide bonds. The molecule has 4 heteroatoms. The van der Waals surface area contributed by atoms with Crippen molar-refractivity contribution < 1.29 is 19.7 Å². The van der Waals surface area contributed by atoms with Crippen LogP contribution in [-0.4, -0.2) is 35.5 Å². The summed E-state index contributed by atoms with van der Waals surface area (Å²) in [7, 11) is 0. The minimum atomic E-state index is -0.798. The van der Waals surface area contributed by atoms with E-state index in [1.54, 1.807) is 0 Å². The van der Waals surface area contributed by atoms with Crippen molar-refractivity contribution in [3.8, 4) is 0 Å². The predicted molar refractivity (Wildman–Crippen MR) is 129 cm³/mol. The van der Waals surface area contributed by atoms with Crippen LogP contribution in [0.5, 0.6) is 0 Å². The van der Waals surface area contributed by atoms with Crippen molar-refractivity contribution in [2.75, 3.05) is 13.2 Å². The van der Waals surface area contributed by atoms with Crippen molar-refractivity contribution in [3.05, 3.63) is 48.6 Å². The molecule has 2 N–H and O–H groups in total. The Morgan fingerprint density at radius 2 is 1.48 bits per heavy atom. The second-order valence-corrected chi connectivity index (χ2v) is 8.57. The summed E-state index contributed by atoms with van der Waals surface area (Å²) < 4.78 is 4.92. The lowest BCUT2D eigenvalue weighted by Gasteiger charge is -2.24. The van der Waals surface area contributed by atoms with Gasteiger partial charge in [0.15, 0.2) is 0 Å². The van der Waals surface area contributed by atoms with Gasteiger partial charge in [-0.3, -0.25) is 4.79 Å². The zero-order valence-electron chi connectivity index (χ0n) is 19.5. The number of aliphatic hydroxyl groups excluding tert-OH is 2. The van der Waals surface area contributed by atoms with Gasteiger partial charge in [0, 0.05) is 6.42 Å². The maximum atomic E-state index is 11.5. The van der Waals surface area contributed by atoms with E-state index in [9.17, 15) is 4.79 Å². The molecule has 176 valence electrons. The number of carbonyl (C=O) groups is 1. The van der Waals surface area contributed by atoms with E-state index < -0.39 is 6.10 Å². The lowest BCUT2D eigenvalue weighted by molar-refractivity contribution is -0.153. The van der Waals surface area contributed by atoms with Crippen LogP contribution in [0.3, 0.4) is 0 Å². The van der Waals surface area contributed by atoms with Gasteiger partial charge in [-0.15, -0.1) is 0 Å². The van der Waals surface area contributed by atoms with Crippen LogP contribution in [0.25, 0.3) is 0 Å². The summed E-state index contributed by atoms with van der Waals surface area (Å²) in [6.45, 7) is 1.59. The highest BCUT2D eigenvalue weighted by Gasteiger charge is 2.29. The van der Waals surface area contributed by atoms with Crippen molar-refractivity contribution in [1.82, 2.24) is 0 Å². The molecule has 0 aromatic heterocycles. The molecular weight excluding hydrogens is 388 g/mol. The summed E-state index contributed by atoms with van der Waals surface area (Å²) in [6.07, 6.45) is 31.4. The first-order valence-corrected chi connectivity index (χ1v) is 12.2. The summed E-state index contributed by atoms with van der Waals surface area (Å²) >= 11 is 0. The number of carbonyl (C=O) groups excluding carboxylic acids is 1. The van der Waals surface area contributed by atoms with Gasteiger partial charge in [-0.05, 0) is 56.8 Å². The minimum Gasteiger partial charge on any atom is -0.457 e. The zero-order chi connectivity index (χ0) is 22.6. The van der Waals surface area contributed by atoms with Crippen LogP contribution in [0.4, 0.5) is 0 Å². The number of ether oxygens (including phenoxy) is 1. The largest absolute Gasteiger partial charge is 0.457 e. The molecule has 0 radical (unpaired) electrons. The summed E-state index contributed by atoms with van der Waals surface area (Å²) in [5, 5.41) is 17.7. The molecule has 0 saturated heterocycles. The molecule has 0 unspecified atom stereocenters. The lowest BCUT2D eigenvalue weighted by atomic mass is 9.80. The Balaban J connectivity index is 2.07. The third kappa shape index (κ3) is 13.4. The Morgan fingerprint density at radius 1 is 0.903 bits per heavy atom. The fourth-order valence-corrected chi connectivity index (χ4v) is 4.00. The first-order chi connectivity index (χ1) is 15.2. The molecule has 1 saturated carbocycles. The number of aliphatic hydroxyl groups is 2. The molecule has 0 aromatic carbocycles. The molecule has 0 atom stereocenters. The number of unbranched alkanes of at least 4 members (excludes halogenated alkanes) is 2. The van der Waals surface area contributed by atoms with Crippen molar-refractivity contribution in [2.24, 2.45) is 5.41 Å². The molecule has 0 bridgehead atoms. The first kappa shape index (κ1) is 27.4. The van der Waals surface area contributed by atoms with Crippen molar-refractivity contribution in [2.45, 2.75) is 96.5 Å². The normalized spacial score (nSPS) is 16.6. The topological polar surface area (TPSA) is 66.8 Å². The summed E-state index contributed by atoms with van der Waals surface area (Å²) in [5.74, 6) is -0.373. The summed E-state index contributed by atoms with van der Waals surface area (Å²) in [4.78, 5) is 11.5. The number of hydrogen-bond acceptors (Lipinski definition) is 4. The van der Waals surface area contributed by atoms with Crippen LogP contribution in [0.1, 0.15) is 90.4 Å². The van der Waals surface area contributed by atoms with Crippen molar-refractivity contribution >= 4 is 5.97 Å². The van der Waals surface area contributed by atoms with E-state index in [0.717, 1.165) is 25.7 Å². The van der Waals surface area contributed by atoms with E-state index in [0.29, 0.717) is 18.3 Å². The fraction of sp³-hybridized carbons (Fsp3) is 0.667. The molecule has 1 rings (SSSR count). The van der Waals surface area contributed by atoms with E-state index in [2.05, 4.69) is 55.5 Å². The van der Waals surface area contributed by atoms with Gasteiger partial charge in [0.05, 0.1) is 13.2 Å². The lowest BCUT2D eigenvalue weighted by Crippen LogP contribution is -2.25. The monoisotopic (exact) mass is 432 g/mol. The van der Waals surface area contributed by atoms with Crippen LogP contribution in [0.2, 0.25) is 0 Å². The van der Waals surface area contributed by atoms with Gasteiger partial charge in [0.1, 0.15) is 6.10 Å². The number of allylic oxidation sites excluding steroid dienone is 8. The van der Waals surface area contributed by atoms with Gasteiger partial charge in [0.25, 0.3) is 0 Å². The fourth-order valence-electron chi connectivity index (χ4n) is 4.00. The molecule has 4 nitrogen and oxygen atoms in total. The molecule has 0 spiro atoms. The van der Waals surface area contributed by atoms with Crippen LogP contribution >= 0.6 is 0 Å². The zero-order valence-corrected chi connectivity index (χ0v) is 19.5. The van der Waals surface area contributed by atoms with Crippen LogP contribution in [-0.2, 0) is 9.53 Å². The first-order valence-electron chi connectivity index (χ1n) is 12.2. The van der Waals surface area contributed by atoms with Crippen molar-refractivity contribution in [3.63, 3.8) is 0 Å². The van der Waals surface area contributed by atoms with Crippen molar-refractivity contribution in [1.29, 1.82) is 0 Å². The summed E-state index contributed by atoms with van der Waals surface area (Å²) in [6, 6.07) is 0. The Labute approximate surface area is 189 Å². The molecule has 0 aromatic rings. The number of esters is 1. The Morgan fingerprint density at radius 3 is 2.06 bits per heavy atom. The highest BCUT2D eigenvalue weighted by molar-refractivity contribution is 5.69. The van der Waals surface area contributed by atoms with E-state index in [4.69, 9.17) is 14.9 Å². The smallest absolute Gasteiger partial charge is 0.306 e. The Hall–Kier alpha value is -1.65. The second-order valence-electron chi connectivity index (χ2n) is 8.57. The van der Waals surface area contributed by atoms with E-state index >= 15 is 0 Å². The average Bonchev–Trinajstić information content (AvgIpc) is 3.25. The molecule has 1 aliphatic rings. The van der Waals surface area contributed by atoms with Crippen LogP contribution in [0.15, 0.2) is 48.6 Å². The van der Waals surface area contributed by atoms with Gasteiger partial charge < -0.3 is 14.9 Å². The Bertz CT molecular complexity index is 564. The van der Waals surface area contributed by atoms with Gasteiger partial charge in [-0.25, -0.2) is 0 Å². The molecule has 0 heterocycles. The number of hydrogen-bond donors (Lipinski definition) is 2. The molecule has 31 heavy (non-hydrogen) atoms. The third-order valence-corrected chi connectivity index (χ3v) is 5.87. The van der Waals surface area contributed by atoms with Gasteiger partial charge in [-0.2, -0.15) is 0 Å². The van der Waals surface area contributed by atoms with Gasteiger partial charge in [-0.1, -0.05) is 81.2 Å². The maximum absolute atomic E-state index is 11.5. The quantitative estimate of drug-likeness (QED) is 0.163. The van der Waals surface area contributed by atoms with Crippen LogP contribution in [0, 0.1) is 5.41 Å². The van der Waals surface area contributed by atoms with Gasteiger partial charge >= 0.3 is 5.97 Å². The average molecular weight is 433 g/mol. The van der Waals surface area contributed by atoms with Gasteiger partial charge in [0.2, 0.25) is 0 Å². The van der Waals surface area contributed by atoms with Crippen LogP contribution < -0.4 is 0 Å². The molecular formula is C27H44O4. The standard InChI is InChI=1S/C27H44O4/c1-2-3-19-27(21-16-17-22-27)20-15-13-11-9-7-5-4-6-8-10-12-14-18-26(30)31-25(23-28)24-29/h4-5,8-11,15,20,25,28-29H,2-3,6-7,12-14,16-19,21-24H2,1H3/b5-4-,10-8-,11-9-,20-15-. The Kier molecular flexibility index (Phi) is 15.9. The third-order valence-electron chi connectivity index (χ3n) is 5.87. The predicted octanol–water partition coefficient (Wildman–Crippen LogP) is 6.20. The second kappa shape index (κ2) is 18.0. The molecule has 0 aliphatic heterocycles. The highest BCUT2D eigenvalue weighted by Crippen LogP contribution is 2.43.